The van der Waals surface area contributed by atoms with Crippen LogP contribution in [0, 0.1) is 5.92 Å². The fraction of sp³-hybridized carbons (Fsp3) is 0.364. The fourth-order valence-corrected chi connectivity index (χ4v) is 2.52. The lowest BCUT2D eigenvalue weighted by atomic mass is 10.1. The number of methoxy groups -OCH3 is 1. The molecular weight excluding hydrogens is 344 g/mol. The molecule has 0 radical (unpaired) electrons. The van der Waals surface area contributed by atoms with Crippen molar-refractivity contribution in [1.29, 1.82) is 0 Å². The number of esters is 2. The van der Waals surface area contributed by atoms with Crippen LogP contribution in [-0.4, -0.2) is 25.7 Å². The van der Waals surface area contributed by atoms with Crippen LogP contribution in [0.15, 0.2) is 48.5 Å². The highest BCUT2D eigenvalue weighted by Crippen LogP contribution is 2.16. The summed E-state index contributed by atoms with van der Waals surface area (Å²) in [4.78, 5) is 24.7. The molecule has 0 aliphatic carbocycles. The van der Waals surface area contributed by atoms with Crippen molar-refractivity contribution in [3.8, 4) is 5.75 Å². The van der Waals surface area contributed by atoms with Crippen LogP contribution in [-0.2, 0) is 16.1 Å². The normalized spacial score (nSPS) is 10.5. The van der Waals surface area contributed by atoms with Crippen LogP contribution >= 0.6 is 0 Å². The highest BCUT2D eigenvalue weighted by molar-refractivity contribution is 6.03. The Bertz CT molecular complexity index is 750. The van der Waals surface area contributed by atoms with E-state index in [1.165, 1.54) is 0 Å². The van der Waals surface area contributed by atoms with Crippen LogP contribution in [0.1, 0.15) is 53.0 Å². The lowest BCUT2D eigenvalue weighted by Gasteiger charge is -2.10. The van der Waals surface area contributed by atoms with Gasteiger partial charge in [0.05, 0.1) is 24.8 Å². The summed E-state index contributed by atoms with van der Waals surface area (Å²) in [6, 6.07) is 13.8. The maximum Gasteiger partial charge on any atom is 0.339 e. The summed E-state index contributed by atoms with van der Waals surface area (Å²) in [5, 5.41) is 0. The Hall–Kier alpha value is -2.82. The highest BCUT2D eigenvalue weighted by atomic mass is 16.5. The van der Waals surface area contributed by atoms with E-state index in [4.69, 9.17) is 14.2 Å². The summed E-state index contributed by atoms with van der Waals surface area (Å²) in [5.74, 6) is 0.232. The van der Waals surface area contributed by atoms with Gasteiger partial charge < -0.3 is 14.2 Å². The summed E-state index contributed by atoms with van der Waals surface area (Å²) in [6.07, 6.45) is 1.78. The van der Waals surface area contributed by atoms with E-state index in [1.54, 1.807) is 43.5 Å². The van der Waals surface area contributed by atoms with Crippen molar-refractivity contribution in [3.05, 3.63) is 65.2 Å². The summed E-state index contributed by atoms with van der Waals surface area (Å²) in [7, 11) is 1.59. The van der Waals surface area contributed by atoms with E-state index in [1.807, 2.05) is 12.1 Å². The number of hydrogen-bond acceptors (Lipinski definition) is 5. The molecule has 0 N–H and O–H groups in total. The molecule has 5 nitrogen and oxygen atoms in total. The molecule has 144 valence electrons. The Morgan fingerprint density at radius 2 is 1.48 bits per heavy atom. The average Bonchev–Trinajstić information content (AvgIpc) is 2.69. The molecule has 0 saturated carbocycles. The van der Waals surface area contributed by atoms with Gasteiger partial charge in [-0.1, -0.05) is 38.1 Å². The average molecular weight is 370 g/mol. The lowest BCUT2D eigenvalue weighted by molar-refractivity contribution is 0.0435. The maximum absolute atomic E-state index is 12.4. The number of carbonyl (C=O) groups excluding carboxylic acids is 2. The Labute approximate surface area is 160 Å². The third kappa shape index (κ3) is 6.44. The minimum Gasteiger partial charge on any atom is -0.497 e. The molecule has 2 aromatic rings. The van der Waals surface area contributed by atoms with Gasteiger partial charge in [0.1, 0.15) is 12.4 Å². The van der Waals surface area contributed by atoms with Gasteiger partial charge in [0.2, 0.25) is 0 Å². The fourth-order valence-electron chi connectivity index (χ4n) is 2.52. The van der Waals surface area contributed by atoms with Gasteiger partial charge in [-0.05, 0) is 48.6 Å². The van der Waals surface area contributed by atoms with Crippen molar-refractivity contribution < 1.29 is 23.8 Å². The summed E-state index contributed by atoms with van der Waals surface area (Å²) < 4.78 is 15.7. The van der Waals surface area contributed by atoms with Crippen molar-refractivity contribution in [2.75, 3.05) is 13.7 Å². The molecule has 0 unspecified atom stereocenters. The second-order valence-electron chi connectivity index (χ2n) is 6.64. The number of rotatable bonds is 9. The Kier molecular flexibility index (Phi) is 7.86. The van der Waals surface area contributed by atoms with Crippen molar-refractivity contribution in [2.24, 2.45) is 5.92 Å². The molecular formula is C22H26O5. The van der Waals surface area contributed by atoms with Gasteiger partial charge in [0.15, 0.2) is 0 Å². The molecule has 0 atom stereocenters. The topological polar surface area (TPSA) is 61.8 Å². The third-order valence-electron chi connectivity index (χ3n) is 4.05. The van der Waals surface area contributed by atoms with Crippen LogP contribution < -0.4 is 4.74 Å². The summed E-state index contributed by atoms with van der Waals surface area (Å²) in [6.45, 7) is 4.69. The highest BCUT2D eigenvalue weighted by Gasteiger charge is 2.19. The number of hydrogen-bond donors (Lipinski definition) is 0. The van der Waals surface area contributed by atoms with Crippen molar-refractivity contribution in [2.45, 2.75) is 33.3 Å². The first-order valence-corrected chi connectivity index (χ1v) is 9.07. The van der Waals surface area contributed by atoms with Gasteiger partial charge in [-0.15, -0.1) is 0 Å². The quantitative estimate of drug-likeness (QED) is 0.475. The molecule has 0 aliphatic rings. The standard InChI is InChI=1S/C22H26O5/c1-16(2)7-6-14-26-21(23)19-8-4-5-9-20(19)22(24)27-15-17-10-12-18(25-3)13-11-17/h4-5,8-13,16H,6-7,14-15H2,1-3H3. The monoisotopic (exact) mass is 370 g/mol. The predicted octanol–water partition coefficient (Wildman–Crippen LogP) is 4.65. The first kappa shape index (κ1) is 20.5. The van der Waals surface area contributed by atoms with Gasteiger partial charge in [-0.2, -0.15) is 0 Å². The molecule has 0 bridgehead atoms. The minimum atomic E-state index is -0.555. The Morgan fingerprint density at radius 3 is 2.04 bits per heavy atom. The van der Waals surface area contributed by atoms with Crippen molar-refractivity contribution in [1.82, 2.24) is 0 Å². The summed E-state index contributed by atoms with van der Waals surface area (Å²) in [5.41, 5.74) is 1.26. The molecule has 0 aliphatic heterocycles. The lowest BCUT2D eigenvalue weighted by Crippen LogP contribution is -2.14. The number of ether oxygens (including phenoxy) is 3. The molecule has 0 heterocycles. The second-order valence-corrected chi connectivity index (χ2v) is 6.64. The Morgan fingerprint density at radius 1 is 0.889 bits per heavy atom. The molecule has 0 saturated heterocycles. The van der Waals surface area contributed by atoms with Crippen molar-refractivity contribution in [3.63, 3.8) is 0 Å². The SMILES string of the molecule is COc1ccc(COC(=O)c2ccccc2C(=O)OCCCC(C)C)cc1. The van der Waals surface area contributed by atoms with Gasteiger partial charge in [0, 0.05) is 0 Å². The Balaban J connectivity index is 1.96. The van der Waals surface area contributed by atoms with E-state index >= 15 is 0 Å². The molecule has 0 amide bonds. The van der Waals surface area contributed by atoms with E-state index in [-0.39, 0.29) is 17.7 Å². The van der Waals surface area contributed by atoms with Gasteiger partial charge in [-0.3, -0.25) is 0 Å². The van der Waals surface area contributed by atoms with Gasteiger partial charge in [-0.25, -0.2) is 9.59 Å². The largest absolute Gasteiger partial charge is 0.497 e. The van der Waals surface area contributed by atoms with Crippen LogP contribution in [0.3, 0.4) is 0 Å². The second kappa shape index (κ2) is 10.4. The van der Waals surface area contributed by atoms with E-state index in [0.717, 1.165) is 24.2 Å². The maximum atomic E-state index is 12.4. The van der Waals surface area contributed by atoms with Crippen LogP contribution in [0.4, 0.5) is 0 Å². The molecule has 2 aromatic carbocycles. The predicted molar refractivity (Wildman–Crippen MR) is 103 cm³/mol. The molecule has 2 rings (SSSR count). The van der Waals surface area contributed by atoms with Gasteiger partial charge >= 0.3 is 11.9 Å². The van der Waals surface area contributed by atoms with E-state index in [2.05, 4.69) is 13.8 Å². The smallest absolute Gasteiger partial charge is 0.339 e. The first-order valence-electron chi connectivity index (χ1n) is 9.07. The van der Waals surface area contributed by atoms with E-state index in [9.17, 15) is 9.59 Å². The number of carbonyl (C=O) groups is 2. The zero-order valence-corrected chi connectivity index (χ0v) is 16.1. The summed E-state index contributed by atoms with van der Waals surface area (Å²) >= 11 is 0. The van der Waals surface area contributed by atoms with Crippen LogP contribution in [0.2, 0.25) is 0 Å². The van der Waals surface area contributed by atoms with E-state index < -0.39 is 11.9 Å². The van der Waals surface area contributed by atoms with Crippen LogP contribution in [0.25, 0.3) is 0 Å². The first-order chi connectivity index (χ1) is 13.0. The molecule has 27 heavy (non-hydrogen) atoms. The third-order valence-corrected chi connectivity index (χ3v) is 4.05. The van der Waals surface area contributed by atoms with Gasteiger partial charge in [0.25, 0.3) is 0 Å². The molecule has 5 heteroatoms. The van der Waals surface area contributed by atoms with Crippen molar-refractivity contribution >= 4 is 11.9 Å². The zero-order chi connectivity index (χ0) is 19.6. The molecule has 0 spiro atoms. The number of benzene rings is 2. The van der Waals surface area contributed by atoms with Crippen LogP contribution in [0.5, 0.6) is 5.75 Å². The minimum absolute atomic E-state index is 0.112. The molecule has 0 aromatic heterocycles. The van der Waals surface area contributed by atoms with E-state index in [0.29, 0.717) is 12.5 Å². The zero-order valence-electron chi connectivity index (χ0n) is 16.1. The molecule has 0 fully saturated rings.